The van der Waals surface area contributed by atoms with Crippen LogP contribution in [0.2, 0.25) is 0 Å². The lowest BCUT2D eigenvalue weighted by Gasteiger charge is -1.98. The maximum absolute atomic E-state index is 10.4. The predicted octanol–water partition coefficient (Wildman–Crippen LogP) is 1.27. The minimum absolute atomic E-state index is 0.0394. The SMILES string of the molecule is Cc1nc(S)c([N+](=O)[O-])c(S)n1. The molecule has 0 N–H and O–H groups in total. The fourth-order valence-corrected chi connectivity index (χ4v) is 1.45. The Morgan fingerprint density at radius 2 is 1.75 bits per heavy atom. The smallest absolute Gasteiger partial charge is 0.258 e. The van der Waals surface area contributed by atoms with E-state index >= 15 is 0 Å². The molecule has 0 aliphatic carbocycles. The van der Waals surface area contributed by atoms with E-state index < -0.39 is 4.92 Å². The molecule has 64 valence electrons. The molecule has 0 amide bonds. The van der Waals surface area contributed by atoms with E-state index in [9.17, 15) is 10.1 Å². The van der Waals surface area contributed by atoms with Crippen LogP contribution in [0.4, 0.5) is 5.69 Å². The third-order valence-corrected chi connectivity index (χ3v) is 1.77. The molecule has 1 aromatic heterocycles. The zero-order valence-corrected chi connectivity index (χ0v) is 7.84. The van der Waals surface area contributed by atoms with Crippen molar-refractivity contribution in [1.29, 1.82) is 0 Å². The summed E-state index contributed by atoms with van der Waals surface area (Å²) in [5.74, 6) is 0.413. The summed E-state index contributed by atoms with van der Waals surface area (Å²) < 4.78 is 0. The molecule has 0 aromatic carbocycles. The third-order valence-electron chi connectivity index (χ3n) is 1.14. The molecule has 0 aliphatic heterocycles. The monoisotopic (exact) mass is 203 g/mol. The second-order valence-corrected chi connectivity index (χ2v) is 2.87. The summed E-state index contributed by atoms with van der Waals surface area (Å²) in [5, 5.41) is 10.5. The molecule has 7 heteroatoms. The lowest BCUT2D eigenvalue weighted by atomic mass is 10.5. The second-order valence-electron chi connectivity index (χ2n) is 2.02. The van der Waals surface area contributed by atoms with Gasteiger partial charge in [-0.25, -0.2) is 9.97 Å². The van der Waals surface area contributed by atoms with Gasteiger partial charge in [-0.2, -0.15) is 0 Å². The maximum Gasteiger partial charge on any atom is 0.332 e. The predicted molar refractivity (Wildman–Crippen MR) is 47.9 cm³/mol. The highest BCUT2D eigenvalue weighted by Crippen LogP contribution is 2.25. The van der Waals surface area contributed by atoms with Crippen LogP contribution in [0.25, 0.3) is 0 Å². The van der Waals surface area contributed by atoms with Gasteiger partial charge < -0.3 is 0 Å². The first-order valence-electron chi connectivity index (χ1n) is 2.93. The van der Waals surface area contributed by atoms with Crippen LogP contribution < -0.4 is 0 Å². The van der Waals surface area contributed by atoms with Gasteiger partial charge in [-0.15, -0.1) is 25.3 Å². The van der Waals surface area contributed by atoms with Crippen molar-refractivity contribution < 1.29 is 4.92 Å². The van der Waals surface area contributed by atoms with E-state index in [1.54, 1.807) is 6.92 Å². The van der Waals surface area contributed by atoms with Gasteiger partial charge in [-0.3, -0.25) is 10.1 Å². The van der Waals surface area contributed by atoms with Crippen molar-refractivity contribution >= 4 is 30.9 Å². The average molecular weight is 203 g/mol. The summed E-state index contributed by atoms with van der Waals surface area (Å²) in [4.78, 5) is 17.2. The fourth-order valence-electron chi connectivity index (χ4n) is 0.701. The largest absolute Gasteiger partial charge is 0.332 e. The average Bonchev–Trinajstić information content (AvgIpc) is 1.82. The highest BCUT2D eigenvalue weighted by Gasteiger charge is 2.18. The summed E-state index contributed by atoms with van der Waals surface area (Å²) in [6.07, 6.45) is 0. The van der Waals surface area contributed by atoms with Crippen molar-refractivity contribution in [2.75, 3.05) is 0 Å². The first kappa shape index (κ1) is 9.27. The standard InChI is InChI=1S/C5H5N3O2S2/c1-2-6-4(11)3(8(9)10)5(12)7-2/h1H3,(H2,6,7,11,12). The topological polar surface area (TPSA) is 68.9 Å². The van der Waals surface area contributed by atoms with Gasteiger partial charge in [0.15, 0.2) is 10.1 Å². The highest BCUT2D eigenvalue weighted by molar-refractivity contribution is 7.81. The molecule has 1 rings (SSSR count). The third kappa shape index (κ3) is 1.67. The van der Waals surface area contributed by atoms with Crippen LogP contribution in [-0.2, 0) is 0 Å². The minimum atomic E-state index is -0.607. The van der Waals surface area contributed by atoms with E-state index in [4.69, 9.17) is 0 Å². The molecule has 0 saturated heterocycles. The van der Waals surface area contributed by atoms with E-state index in [-0.39, 0.29) is 15.7 Å². The maximum atomic E-state index is 10.4. The summed E-state index contributed by atoms with van der Waals surface area (Å²) in [5.41, 5.74) is -0.257. The summed E-state index contributed by atoms with van der Waals surface area (Å²) in [6.45, 7) is 1.61. The molecule has 0 atom stereocenters. The molecule has 5 nitrogen and oxygen atoms in total. The lowest BCUT2D eigenvalue weighted by molar-refractivity contribution is -0.391. The molecule has 0 fully saturated rings. The molecule has 0 unspecified atom stereocenters. The van der Waals surface area contributed by atoms with Crippen LogP contribution >= 0.6 is 25.3 Å². The minimum Gasteiger partial charge on any atom is -0.258 e. The zero-order valence-electron chi connectivity index (χ0n) is 6.05. The van der Waals surface area contributed by atoms with Crippen LogP contribution in [0.3, 0.4) is 0 Å². The summed E-state index contributed by atoms with van der Waals surface area (Å²) in [6, 6.07) is 0. The molecule has 0 saturated carbocycles. The van der Waals surface area contributed by atoms with Crippen LogP contribution in [0, 0.1) is 17.0 Å². The van der Waals surface area contributed by atoms with Crippen molar-refractivity contribution in [3.8, 4) is 0 Å². The Morgan fingerprint density at radius 3 is 2.08 bits per heavy atom. The van der Waals surface area contributed by atoms with Crippen LogP contribution in [-0.4, -0.2) is 14.9 Å². The number of hydrogen-bond acceptors (Lipinski definition) is 6. The summed E-state index contributed by atoms with van der Waals surface area (Å²) >= 11 is 7.67. The van der Waals surface area contributed by atoms with Crippen LogP contribution in [0.5, 0.6) is 0 Å². The van der Waals surface area contributed by atoms with E-state index in [1.165, 1.54) is 0 Å². The van der Waals surface area contributed by atoms with Gasteiger partial charge in [0.25, 0.3) is 0 Å². The molecular formula is C5H5N3O2S2. The Hall–Kier alpha value is -0.820. The number of aryl methyl sites for hydroxylation is 1. The highest BCUT2D eigenvalue weighted by atomic mass is 32.1. The number of rotatable bonds is 1. The van der Waals surface area contributed by atoms with Crippen molar-refractivity contribution in [2.45, 2.75) is 17.0 Å². The number of thiol groups is 2. The van der Waals surface area contributed by atoms with Gasteiger partial charge in [0.1, 0.15) is 5.82 Å². The Bertz CT molecular complexity index is 318. The quantitative estimate of drug-likeness (QED) is 0.312. The molecular weight excluding hydrogens is 198 g/mol. The van der Waals surface area contributed by atoms with E-state index in [1.807, 2.05) is 0 Å². The van der Waals surface area contributed by atoms with Crippen molar-refractivity contribution in [3.05, 3.63) is 15.9 Å². The Morgan fingerprint density at radius 1 is 1.33 bits per heavy atom. The molecule has 12 heavy (non-hydrogen) atoms. The van der Waals surface area contributed by atoms with Gasteiger partial charge >= 0.3 is 5.69 Å². The molecule has 1 aromatic rings. The number of nitro groups is 1. The lowest BCUT2D eigenvalue weighted by Crippen LogP contribution is -1.98. The molecule has 0 aliphatic rings. The van der Waals surface area contributed by atoms with Crippen LogP contribution in [0.1, 0.15) is 5.82 Å². The Balaban J connectivity index is 3.38. The molecule has 1 heterocycles. The van der Waals surface area contributed by atoms with E-state index in [0.29, 0.717) is 5.82 Å². The van der Waals surface area contributed by atoms with E-state index in [2.05, 4.69) is 35.2 Å². The van der Waals surface area contributed by atoms with Gasteiger partial charge in [0, 0.05) is 0 Å². The Kier molecular flexibility index (Phi) is 2.53. The first-order valence-corrected chi connectivity index (χ1v) is 3.82. The second kappa shape index (κ2) is 3.28. The van der Waals surface area contributed by atoms with Crippen molar-refractivity contribution in [1.82, 2.24) is 9.97 Å². The number of hydrogen-bond donors (Lipinski definition) is 2. The van der Waals surface area contributed by atoms with Gasteiger partial charge in [0.05, 0.1) is 4.92 Å². The van der Waals surface area contributed by atoms with Crippen molar-refractivity contribution in [2.24, 2.45) is 0 Å². The van der Waals surface area contributed by atoms with Crippen LogP contribution in [0.15, 0.2) is 10.1 Å². The Labute approximate surface area is 79.2 Å². The van der Waals surface area contributed by atoms with Gasteiger partial charge in [0.2, 0.25) is 0 Å². The molecule has 0 radical (unpaired) electrons. The fraction of sp³-hybridized carbons (Fsp3) is 0.200. The van der Waals surface area contributed by atoms with Crippen molar-refractivity contribution in [3.63, 3.8) is 0 Å². The summed E-state index contributed by atoms with van der Waals surface area (Å²) in [7, 11) is 0. The molecule has 0 spiro atoms. The number of aromatic nitrogens is 2. The number of nitrogens with zero attached hydrogens (tertiary/aromatic N) is 3. The van der Waals surface area contributed by atoms with Gasteiger partial charge in [-0.1, -0.05) is 0 Å². The zero-order chi connectivity index (χ0) is 9.30. The van der Waals surface area contributed by atoms with E-state index in [0.717, 1.165) is 0 Å². The first-order chi connectivity index (χ1) is 5.52. The molecule has 0 bridgehead atoms. The normalized spacial score (nSPS) is 9.92. The van der Waals surface area contributed by atoms with Gasteiger partial charge in [-0.05, 0) is 6.92 Å².